The van der Waals surface area contributed by atoms with Crippen LogP contribution in [0.1, 0.15) is 65.2 Å². The van der Waals surface area contributed by atoms with Crippen molar-refractivity contribution in [2.24, 2.45) is 0 Å². The fraction of sp³-hybridized carbons (Fsp3) is 0.846. The zero-order valence-electron chi connectivity index (χ0n) is 11.6. The molecule has 0 bridgehead atoms. The van der Waals surface area contributed by atoms with Gasteiger partial charge in [-0.05, 0) is 12.8 Å². The molecule has 0 aromatic heterocycles. The lowest BCUT2D eigenvalue weighted by molar-refractivity contribution is -0.128. The molecule has 1 heterocycles. The lowest BCUT2D eigenvalue weighted by Crippen LogP contribution is -2.44. The summed E-state index contributed by atoms with van der Waals surface area (Å²) in [6.07, 6.45) is 8.07. The smallest absolute Gasteiger partial charge is 0.271 e. The molecule has 1 rings (SSSR count). The van der Waals surface area contributed by atoms with E-state index >= 15 is 0 Å². The van der Waals surface area contributed by atoms with Crippen LogP contribution < -0.4 is 0 Å². The van der Waals surface area contributed by atoms with Gasteiger partial charge in [0.1, 0.15) is 5.54 Å². The van der Waals surface area contributed by atoms with Gasteiger partial charge < -0.3 is 0 Å². The van der Waals surface area contributed by atoms with Crippen LogP contribution in [0.3, 0.4) is 0 Å². The van der Waals surface area contributed by atoms with Gasteiger partial charge in [0.05, 0.1) is 45.7 Å². The van der Waals surface area contributed by atoms with E-state index in [1.54, 1.807) is 3.11 Å². The Balaban J connectivity index is 2.84. The highest BCUT2D eigenvalue weighted by molar-refractivity contribution is 14.1. The lowest BCUT2D eigenvalue weighted by atomic mass is 9.86. The van der Waals surface area contributed by atoms with E-state index in [4.69, 9.17) is 0 Å². The minimum absolute atomic E-state index is 0.0280. The molecule has 4 nitrogen and oxygen atoms in total. The van der Waals surface area contributed by atoms with E-state index in [9.17, 15) is 9.59 Å². The molecule has 19 heavy (non-hydrogen) atoms. The number of halogens is 2. The third-order valence-corrected chi connectivity index (χ3v) is 5.86. The van der Waals surface area contributed by atoms with Gasteiger partial charge in [0, 0.05) is 0 Å². The Labute approximate surface area is 143 Å². The second-order valence-corrected chi connectivity index (χ2v) is 7.02. The number of hydrogen-bond acceptors (Lipinski definition) is 2. The number of rotatable bonds is 8. The first-order valence-corrected chi connectivity index (χ1v) is 8.94. The Hall–Kier alpha value is 0.400. The molecule has 0 saturated carbocycles. The molecule has 1 saturated heterocycles. The van der Waals surface area contributed by atoms with Gasteiger partial charge in [0.25, 0.3) is 5.91 Å². The zero-order chi connectivity index (χ0) is 14.5. The SMILES string of the molecule is CCCCCC1(CCCCC)C(=O)N(I)C(=O)N1I. The molecular weight excluding hydrogens is 470 g/mol. The third kappa shape index (κ3) is 3.74. The summed E-state index contributed by atoms with van der Waals surface area (Å²) >= 11 is 3.86. The van der Waals surface area contributed by atoms with Crippen molar-refractivity contribution in [2.45, 2.75) is 70.8 Å². The predicted octanol–water partition coefficient (Wildman–Crippen LogP) is 4.85. The molecule has 3 amide bonds. The Morgan fingerprint density at radius 2 is 1.42 bits per heavy atom. The van der Waals surface area contributed by atoms with Crippen molar-refractivity contribution in [1.29, 1.82) is 0 Å². The van der Waals surface area contributed by atoms with Gasteiger partial charge in [-0.2, -0.15) is 3.11 Å². The maximum atomic E-state index is 12.5. The van der Waals surface area contributed by atoms with Crippen molar-refractivity contribution in [3.63, 3.8) is 0 Å². The molecule has 0 N–H and O–H groups in total. The molecule has 0 unspecified atom stereocenters. The summed E-state index contributed by atoms with van der Waals surface area (Å²) in [4.78, 5) is 24.5. The highest BCUT2D eigenvalue weighted by Crippen LogP contribution is 2.41. The van der Waals surface area contributed by atoms with Crippen LogP contribution in [-0.4, -0.2) is 23.7 Å². The van der Waals surface area contributed by atoms with Crippen molar-refractivity contribution >= 4 is 57.7 Å². The number of hydrogen-bond donors (Lipinski definition) is 0. The monoisotopic (exact) mass is 492 g/mol. The molecule has 1 aliphatic heterocycles. The number of carbonyl (C=O) groups excluding carboxylic acids is 2. The molecule has 0 aliphatic carbocycles. The normalized spacial score (nSPS) is 18.5. The van der Waals surface area contributed by atoms with Crippen molar-refractivity contribution in [3.05, 3.63) is 0 Å². The minimum Gasteiger partial charge on any atom is -0.271 e. The molecule has 0 radical (unpaired) electrons. The number of unbranched alkanes of at least 4 members (excludes halogenated alkanes) is 4. The number of carbonyl (C=O) groups is 2. The molecule has 0 atom stereocenters. The number of urea groups is 1. The van der Waals surface area contributed by atoms with Crippen molar-refractivity contribution in [1.82, 2.24) is 6.23 Å². The molecule has 0 spiro atoms. The van der Waals surface area contributed by atoms with Gasteiger partial charge in [-0.1, -0.05) is 52.4 Å². The van der Waals surface area contributed by atoms with E-state index in [0.717, 1.165) is 51.4 Å². The topological polar surface area (TPSA) is 40.6 Å². The van der Waals surface area contributed by atoms with Crippen LogP contribution in [-0.2, 0) is 4.79 Å². The summed E-state index contributed by atoms with van der Waals surface area (Å²) in [6, 6.07) is -0.181. The molecular formula is C13H22I2N2O2. The van der Waals surface area contributed by atoms with Gasteiger partial charge in [-0.25, -0.2) is 7.91 Å². The van der Waals surface area contributed by atoms with Crippen LogP contribution in [0.4, 0.5) is 4.79 Å². The van der Waals surface area contributed by atoms with E-state index in [1.165, 1.54) is 3.11 Å². The highest BCUT2D eigenvalue weighted by Gasteiger charge is 2.55. The van der Waals surface area contributed by atoms with Crippen molar-refractivity contribution in [2.75, 3.05) is 0 Å². The first-order chi connectivity index (χ1) is 9.01. The first-order valence-electron chi connectivity index (χ1n) is 7.01. The summed E-state index contributed by atoms with van der Waals surface area (Å²) in [5.41, 5.74) is -0.594. The Morgan fingerprint density at radius 1 is 0.947 bits per heavy atom. The summed E-state index contributed by atoms with van der Waals surface area (Å²) in [5.74, 6) is -0.0280. The van der Waals surface area contributed by atoms with E-state index in [-0.39, 0.29) is 11.9 Å². The largest absolute Gasteiger partial charge is 0.345 e. The summed E-state index contributed by atoms with van der Waals surface area (Å²) in [7, 11) is 0. The molecule has 6 heteroatoms. The molecule has 0 aromatic carbocycles. The summed E-state index contributed by atoms with van der Waals surface area (Å²) in [5, 5.41) is 0. The molecule has 110 valence electrons. The van der Waals surface area contributed by atoms with Crippen LogP contribution >= 0.6 is 45.7 Å². The van der Waals surface area contributed by atoms with Crippen LogP contribution in [0, 0.1) is 0 Å². The molecule has 1 fully saturated rings. The molecule has 0 aromatic rings. The second kappa shape index (κ2) is 7.99. The van der Waals surface area contributed by atoms with Crippen LogP contribution in [0.2, 0.25) is 0 Å². The number of nitrogens with zero attached hydrogens (tertiary/aromatic N) is 2. The van der Waals surface area contributed by atoms with Gasteiger partial charge in [-0.15, -0.1) is 0 Å². The zero-order valence-corrected chi connectivity index (χ0v) is 15.9. The maximum Gasteiger partial charge on any atom is 0.345 e. The van der Waals surface area contributed by atoms with E-state index in [0.29, 0.717) is 0 Å². The standard InChI is InChI=1S/C13H22I2N2O2/c1-3-5-7-9-13(10-8-6-4-2)11(18)16(14)12(19)17(13)15/h3-10H2,1-2H3. The van der Waals surface area contributed by atoms with Crippen molar-refractivity contribution < 1.29 is 9.59 Å². The fourth-order valence-electron chi connectivity index (χ4n) is 2.48. The molecule has 1 aliphatic rings. The quantitative estimate of drug-likeness (QED) is 0.211. The van der Waals surface area contributed by atoms with Crippen LogP contribution in [0.15, 0.2) is 0 Å². The number of amides is 3. The third-order valence-electron chi connectivity index (χ3n) is 3.68. The average molecular weight is 492 g/mol. The van der Waals surface area contributed by atoms with Gasteiger partial charge in [0.15, 0.2) is 0 Å². The maximum absolute atomic E-state index is 12.5. The van der Waals surface area contributed by atoms with E-state index in [1.807, 2.05) is 45.7 Å². The first kappa shape index (κ1) is 17.5. The average Bonchev–Trinajstić information content (AvgIpc) is 2.56. The van der Waals surface area contributed by atoms with Crippen LogP contribution in [0.25, 0.3) is 0 Å². The highest BCUT2D eigenvalue weighted by atomic mass is 127. The summed E-state index contributed by atoms with van der Waals surface area (Å²) < 4.78 is 2.90. The lowest BCUT2D eigenvalue weighted by Gasteiger charge is -2.31. The predicted molar refractivity (Wildman–Crippen MR) is 93.1 cm³/mol. The Kier molecular flexibility index (Phi) is 7.34. The van der Waals surface area contributed by atoms with E-state index < -0.39 is 5.54 Å². The second-order valence-electron chi connectivity index (χ2n) is 5.10. The number of imide groups is 1. The minimum atomic E-state index is -0.594. The Bertz CT molecular complexity index is 327. The Morgan fingerprint density at radius 3 is 1.74 bits per heavy atom. The van der Waals surface area contributed by atoms with Crippen LogP contribution in [0.5, 0.6) is 0 Å². The van der Waals surface area contributed by atoms with Crippen molar-refractivity contribution in [3.8, 4) is 0 Å². The van der Waals surface area contributed by atoms with E-state index in [2.05, 4.69) is 13.8 Å². The fourth-order valence-corrected chi connectivity index (χ4v) is 4.47. The van der Waals surface area contributed by atoms with Gasteiger partial charge in [-0.3, -0.25) is 4.79 Å². The van der Waals surface area contributed by atoms with Gasteiger partial charge >= 0.3 is 6.03 Å². The van der Waals surface area contributed by atoms with Gasteiger partial charge in [0.2, 0.25) is 0 Å². The summed E-state index contributed by atoms with van der Waals surface area (Å²) in [6.45, 7) is 4.30.